The number of carbonyl (C=O) groups is 1. The zero-order valence-corrected chi connectivity index (χ0v) is 21.1. The van der Waals surface area contributed by atoms with Gasteiger partial charge in [0.25, 0.3) is 15.9 Å². The molecule has 184 valence electrons. The highest BCUT2D eigenvalue weighted by Crippen LogP contribution is 2.76. The van der Waals surface area contributed by atoms with Crippen LogP contribution in [0.25, 0.3) is 5.57 Å². The van der Waals surface area contributed by atoms with E-state index < -0.39 is 15.9 Å². The summed E-state index contributed by atoms with van der Waals surface area (Å²) < 4.78 is 28.1. The van der Waals surface area contributed by atoms with Gasteiger partial charge in [-0.25, -0.2) is 14.7 Å². The van der Waals surface area contributed by atoms with Crippen molar-refractivity contribution in [3.8, 4) is 0 Å². The SMILES string of the molecule is CC1CN(c2ncc(C3=CC45CC4CCC35)cc2C(=O)NS(=O)(=O)c2cccc(N)n2)C(C)(C)C1. The molecule has 4 unspecified atom stereocenters. The van der Waals surface area contributed by atoms with Crippen LogP contribution in [0.3, 0.4) is 0 Å². The van der Waals surface area contributed by atoms with Crippen molar-refractivity contribution in [2.75, 3.05) is 17.2 Å². The molecule has 1 aliphatic heterocycles. The number of pyridine rings is 2. The summed E-state index contributed by atoms with van der Waals surface area (Å²) in [6, 6.07) is 6.13. The van der Waals surface area contributed by atoms with Crippen molar-refractivity contribution in [3.63, 3.8) is 0 Å². The third-order valence-corrected chi connectivity index (χ3v) is 9.70. The van der Waals surface area contributed by atoms with Crippen LogP contribution in [-0.2, 0) is 10.0 Å². The van der Waals surface area contributed by atoms with Crippen LogP contribution in [0, 0.1) is 23.2 Å². The van der Waals surface area contributed by atoms with Gasteiger partial charge in [-0.15, -0.1) is 0 Å². The standard InChI is InChI=1S/C26H31N5O3S/c1-15-10-25(2,3)31(14-15)23-18(24(32)30-35(33,34)22-6-4-5-21(27)29-22)9-16(13-28-23)19-12-26-11-17(26)7-8-20(19)26/h4-6,9,12-13,15,17,20H,7-8,10-11,14H2,1-3H3,(H2,27,29)(H,30,32). The minimum Gasteiger partial charge on any atom is -0.384 e. The quantitative estimate of drug-likeness (QED) is 0.653. The lowest BCUT2D eigenvalue weighted by molar-refractivity contribution is 0.0981. The first-order valence-corrected chi connectivity index (χ1v) is 13.8. The summed E-state index contributed by atoms with van der Waals surface area (Å²) in [5.41, 5.74) is 8.26. The monoisotopic (exact) mass is 493 g/mol. The van der Waals surface area contributed by atoms with Gasteiger partial charge >= 0.3 is 0 Å². The number of sulfonamides is 1. The van der Waals surface area contributed by atoms with Crippen molar-refractivity contribution in [1.29, 1.82) is 0 Å². The fourth-order valence-electron chi connectivity index (χ4n) is 6.87. The Morgan fingerprint density at radius 3 is 2.69 bits per heavy atom. The van der Waals surface area contributed by atoms with Gasteiger partial charge in [0, 0.05) is 18.3 Å². The highest BCUT2D eigenvalue weighted by atomic mass is 32.2. The molecule has 3 fully saturated rings. The minimum absolute atomic E-state index is 0.0678. The fourth-order valence-corrected chi connectivity index (χ4v) is 7.81. The highest BCUT2D eigenvalue weighted by Gasteiger charge is 2.66. The molecule has 2 aromatic rings. The molecule has 3 N–H and O–H groups in total. The Morgan fingerprint density at radius 1 is 1.23 bits per heavy atom. The maximum atomic E-state index is 13.5. The van der Waals surface area contributed by atoms with Crippen LogP contribution in [0.15, 0.2) is 41.6 Å². The Balaban J connectivity index is 1.39. The van der Waals surface area contributed by atoms with Crippen molar-refractivity contribution < 1.29 is 13.2 Å². The predicted octanol–water partition coefficient (Wildman–Crippen LogP) is 3.62. The molecule has 2 saturated carbocycles. The Bertz CT molecular complexity index is 1390. The first-order valence-electron chi connectivity index (χ1n) is 12.3. The molecule has 1 spiro atoms. The minimum atomic E-state index is -4.20. The summed E-state index contributed by atoms with van der Waals surface area (Å²) >= 11 is 0. The number of aromatic nitrogens is 2. The Kier molecular flexibility index (Phi) is 4.69. The third kappa shape index (κ3) is 3.46. The second-order valence-electron chi connectivity index (χ2n) is 11.4. The van der Waals surface area contributed by atoms with E-state index in [0.29, 0.717) is 23.1 Å². The number of nitrogen functional groups attached to an aromatic ring is 1. The lowest BCUT2D eigenvalue weighted by atomic mass is 9.70. The molecule has 0 aromatic carbocycles. The summed E-state index contributed by atoms with van der Waals surface area (Å²) in [5.74, 6) is 1.65. The average molecular weight is 494 g/mol. The Hall–Kier alpha value is -2.94. The van der Waals surface area contributed by atoms with Gasteiger partial charge in [0.15, 0.2) is 5.03 Å². The predicted molar refractivity (Wildman–Crippen MR) is 134 cm³/mol. The molecule has 3 heterocycles. The van der Waals surface area contributed by atoms with Gasteiger partial charge in [-0.2, -0.15) is 8.42 Å². The zero-order chi connectivity index (χ0) is 24.8. The van der Waals surface area contributed by atoms with Gasteiger partial charge in [-0.1, -0.05) is 19.1 Å². The summed E-state index contributed by atoms with van der Waals surface area (Å²) in [4.78, 5) is 24.3. The van der Waals surface area contributed by atoms with Crippen LogP contribution in [0.2, 0.25) is 0 Å². The van der Waals surface area contributed by atoms with Crippen molar-refractivity contribution >= 4 is 33.1 Å². The van der Waals surface area contributed by atoms with Crippen LogP contribution in [-0.4, -0.2) is 36.4 Å². The van der Waals surface area contributed by atoms with Crippen molar-refractivity contribution in [3.05, 3.63) is 47.7 Å². The molecule has 1 saturated heterocycles. The molecule has 35 heavy (non-hydrogen) atoms. The van der Waals surface area contributed by atoms with Gasteiger partial charge in [-0.3, -0.25) is 4.79 Å². The molecule has 6 rings (SSSR count). The molecular formula is C26H31N5O3S. The fraction of sp³-hybridized carbons (Fsp3) is 0.500. The number of amides is 1. The van der Waals surface area contributed by atoms with Gasteiger partial charge in [0.05, 0.1) is 5.56 Å². The van der Waals surface area contributed by atoms with E-state index in [1.54, 1.807) is 0 Å². The largest absolute Gasteiger partial charge is 0.384 e. The number of carbonyl (C=O) groups excluding carboxylic acids is 1. The van der Waals surface area contributed by atoms with Gasteiger partial charge in [-0.05, 0) is 92.0 Å². The van der Waals surface area contributed by atoms with E-state index in [9.17, 15) is 13.2 Å². The smallest absolute Gasteiger partial charge is 0.281 e. The summed E-state index contributed by atoms with van der Waals surface area (Å²) in [7, 11) is -4.20. The number of hydrogen-bond donors (Lipinski definition) is 2. The number of nitrogens with two attached hydrogens (primary N) is 1. The lowest BCUT2D eigenvalue weighted by Gasteiger charge is -2.36. The summed E-state index contributed by atoms with van der Waals surface area (Å²) in [6.07, 6.45) is 8.88. The Labute approximate surface area is 206 Å². The topological polar surface area (TPSA) is 118 Å². The number of hydrogen-bond acceptors (Lipinski definition) is 7. The molecule has 4 aliphatic rings. The van der Waals surface area contributed by atoms with E-state index in [1.165, 1.54) is 43.0 Å². The molecule has 1 amide bonds. The van der Waals surface area contributed by atoms with E-state index in [-0.39, 0.29) is 21.9 Å². The number of allylic oxidation sites excluding steroid dienone is 2. The first kappa shape index (κ1) is 22.5. The molecule has 0 bridgehead atoms. The molecule has 4 atom stereocenters. The van der Waals surface area contributed by atoms with Gasteiger partial charge in [0.2, 0.25) is 0 Å². The number of anilines is 2. The zero-order valence-electron chi connectivity index (χ0n) is 20.3. The second kappa shape index (κ2) is 7.29. The van der Waals surface area contributed by atoms with E-state index in [2.05, 4.69) is 41.5 Å². The first-order chi connectivity index (χ1) is 16.5. The average Bonchev–Trinajstić information content (AvgIpc) is 3.36. The van der Waals surface area contributed by atoms with Crippen molar-refractivity contribution in [1.82, 2.24) is 14.7 Å². The van der Waals surface area contributed by atoms with E-state index in [0.717, 1.165) is 24.4 Å². The van der Waals surface area contributed by atoms with Crippen molar-refractivity contribution in [2.24, 2.45) is 23.2 Å². The van der Waals surface area contributed by atoms with Gasteiger partial charge in [0.1, 0.15) is 11.6 Å². The number of rotatable bonds is 5. The summed E-state index contributed by atoms with van der Waals surface area (Å²) in [5, 5.41) is -0.291. The van der Waals surface area contributed by atoms with E-state index in [4.69, 9.17) is 10.7 Å². The molecule has 3 aliphatic carbocycles. The van der Waals surface area contributed by atoms with Crippen LogP contribution >= 0.6 is 0 Å². The van der Waals surface area contributed by atoms with Crippen LogP contribution in [0.4, 0.5) is 11.6 Å². The summed E-state index contributed by atoms with van der Waals surface area (Å²) in [6.45, 7) is 7.19. The third-order valence-electron chi connectivity index (χ3n) is 8.47. The van der Waals surface area contributed by atoms with Crippen LogP contribution in [0.1, 0.15) is 62.4 Å². The number of nitrogens with zero attached hydrogens (tertiary/aromatic N) is 3. The molecule has 8 nitrogen and oxygen atoms in total. The maximum absolute atomic E-state index is 13.5. The number of nitrogens with one attached hydrogen (secondary N) is 1. The molecular weight excluding hydrogens is 462 g/mol. The maximum Gasteiger partial charge on any atom is 0.281 e. The van der Waals surface area contributed by atoms with E-state index in [1.807, 2.05) is 12.3 Å². The van der Waals surface area contributed by atoms with Crippen LogP contribution < -0.4 is 15.4 Å². The van der Waals surface area contributed by atoms with Crippen molar-refractivity contribution in [2.45, 2.75) is 57.0 Å². The molecule has 0 radical (unpaired) electrons. The molecule has 2 aromatic heterocycles. The lowest BCUT2D eigenvalue weighted by Crippen LogP contribution is -2.41. The normalized spacial score (nSPS) is 30.2. The van der Waals surface area contributed by atoms with Crippen LogP contribution in [0.5, 0.6) is 0 Å². The second-order valence-corrected chi connectivity index (χ2v) is 13.0. The highest BCUT2D eigenvalue weighted by molar-refractivity contribution is 7.90. The Morgan fingerprint density at radius 2 is 2.03 bits per heavy atom. The van der Waals surface area contributed by atoms with Gasteiger partial charge < -0.3 is 10.6 Å². The van der Waals surface area contributed by atoms with E-state index >= 15 is 0 Å². The molecule has 9 heteroatoms.